The smallest absolute Gasteiger partial charge is 0.139 e. The standard InChI is InChI=1S/C14H18O3/c1-3-4-9-13-10(7-8(2)14(9)17)11(15)5-6-12(13)16/h3,8-10,13H,1,4-7H2,2H3/t8-,9+,10+,13+/m0/s1. The van der Waals surface area contributed by atoms with E-state index in [9.17, 15) is 14.4 Å². The van der Waals surface area contributed by atoms with E-state index in [-0.39, 0.29) is 41.0 Å². The van der Waals surface area contributed by atoms with E-state index in [0.29, 0.717) is 25.7 Å². The SMILES string of the molecule is C=CC[C@H]1C(=O)[C@@H](C)C[C@@H]2C(=O)CCC(=O)[C@@H]21. The molecule has 0 bridgehead atoms. The van der Waals surface area contributed by atoms with E-state index < -0.39 is 0 Å². The van der Waals surface area contributed by atoms with E-state index >= 15 is 0 Å². The third-order valence-electron chi connectivity index (χ3n) is 4.15. The van der Waals surface area contributed by atoms with Crippen molar-refractivity contribution in [2.75, 3.05) is 0 Å². The molecule has 0 spiro atoms. The number of hydrogen-bond acceptors (Lipinski definition) is 3. The first-order valence-electron chi connectivity index (χ1n) is 6.26. The van der Waals surface area contributed by atoms with Crippen LogP contribution in [0.15, 0.2) is 12.7 Å². The van der Waals surface area contributed by atoms with Crippen molar-refractivity contribution in [2.45, 2.75) is 32.6 Å². The highest BCUT2D eigenvalue weighted by molar-refractivity contribution is 6.01. The zero-order valence-corrected chi connectivity index (χ0v) is 10.1. The summed E-state index contributed by atoms with van der Waals surface area (Å²) in [6, 6.07) is 0. The normalized spacial score (nSPS) is 37.8. The molecule has 0 heterocycles. The largest absolute Gasteiger partial charge is 0.299 e. The second-order valence-corrected chi connectivity index (χ2v) is 5.23. The lowest BCUT2D eigenvalue weighted by molar-refractivity contribution is -0.149. The van der Waals surface area contributed by atoms with Crippen molar-refractivity contribution in [3.8, 4) is 0 Å². The van der Waals surface area contributed by atoms with Crippen molar-refractivity contribution in [2.24, 2.45) is 23.7 Å². The van der Waals surface area contributed by atoms with Gasteiger partial charge in [0.25, 0.3) is 0 Å². The van der Waals surface area contributed by atoms with Gasteiger partial charge in [0.05, 0.1) is 0 Å². The number of allylic oxidation sites excluding steroid dienone is 1. The number of fused-ring (bicyclic) bond motifs is 1. The second kappa shape index (κ2) is 4.55. The summed E-state index contributed by atoms with van der Waals surface area (Å²) in [5.41, 5.74) is 0. The molecule has 17 heavy (non-hydrogen) atoms. The van der Waals surface area contributed by atoms with Crippen LogP contribution in [0.1, 0.15) is 32.6 Å². The molecule has 0 saturated heterocycles. The van der Waals surface area contributed by atoms with Gasteiger partial charge in [0.1, 0.15) is 17.3 Å². The Morgan fingerprint density at radius 2 is 1.88 bits per heavy atom. The first kappa shape index (κ1) is 12.2. The molecule has 0 unspecified atom stereocenters. The molecule has 0 aromatic carbocycles. The van der Waals surface area contributed by atoms with Crippen molar-refractivity contribution in [1.82, 2.24) is 0 Å². The average molecular weight is 234 g/mol. The Bertz CT molecular complexity index is 383. The molecule has 3 nitrogen and oxygen atoms in total. The van der Waals surface area contributed by atoms with Crippen LogP contribution in [-0.2, 0) is 14.4 Å². The predicted molar refractivity (Wildman–Crippen MR) is 63.3 cm³/mol. The molecular weight excluding hydrogens is 216 g/mol. The van der Waals surface area contributed by atoms with Crippen molar-refractivity contribution in [1.29, 1.82) is 0 Å². The summed E-state index contributed by atoms with van der Waals surface area (Å²) in [4.78, 5) is 36.0. The molecule has 2 rings (SSSR count). The van der Waals surface area contributed by atoms with Crippen LogP contribution in [-0.4, -0.2) is 17.3 Å². The van der Waals surface area contributed by atoms with Crippen LogP contribution in [0.4, 0.5) is 0 Å². The molecule has 92 valence electrons. The van der Waals surface area contributed by atoms with Gasteiger partial charge in [0.2, 0.25) is 0 Å². The molecule has 3 heteroatoms. The predicted octanol–water partition coefficient (Wildman–Crippen LogP) is 1.95. The highest BCUT2D eigenvalue weighted by Crippen LogP contribution is 2.42. The van der Waals surface area contributed by atoms with Gasteiger partial charge in [-0.25, -0.2) is 0 Å². The average Bonchev–Trinajstić information content (AvgIpc) is 2.30. The summed E-state index contributed by atoms with van der Waals surface area (Å²) in [6.45, 7) is 5.51. The molecule has 2 fully saturated rings. The van der Waals surface area contributed by atoms with Gasteiger partial charge in [-0.1, -0.05) is 13.0 Å². The van der Waals surface area contributed by atoms with Gasteiger partial charge in [0.15, 0.2) is 0 Å². The fourth-order valence-electron chi connectivity index (χ4n) is 3.29. The van der Waals surface area contributed by atoms with Gasteiger partial charge >= 0.3 is 0 Å². The third kappa shape index (κ3) is 1.99. The molecule has 0 amide bonds. The number of Topliss-reactive ketones (excluding diaryl/α,β-unsaturated/α-hetero) is 3. The van der Waals surface area contributed by atoms with Crippen molar-refractivity contribution < 1.29 is 14.4 Å². The lowest BCUT2D eigenvalue weighted by Crippen LogP contribution is -2.48. The fourth-order valence-corrected chi connectivity index (χ4v) is 3.29. The minimum absolute atomic E-state index is 0.0988. The van der Waals surface area contributed by atoms with E-state index in [1.165, 1.54) is 0 Å². The summed E-state index contributed by atoms with van der Waals surface area (Å²) in [5.74, 6) is -0.584. The molecule has 0 radical (unpaired) electrons. The fraction of sp³-hybridized carbons (Fsp3) is 0.643. The minimum Gasteiger partial charge on any atom is -0.299 e. The number of ketones is 3. The summed E-state index contributed by atoms with van der Waals surface area (Å²) in [7, 11) is 0. The van der Waals surface area contributed by atoms with E-state index in [1.54, 1.807) is 6.08 Å². The Balaban J connectivity index is 2.33. The number of rotatable bonds is 2. The molecule has 0 aromatic rings. The van der Waals surface area contributed by atoms with Gasteiger partial charge in [-0.2, -0.15) is 0 Å². The summed E-state index contributed by atoms with van der Waals surface area (Å²) >= 11 is 0. The summed E-state index contributed by atoms with van der Waals surface area (Å²) in [6.07, 6.45) is 3.44. The van der Waals surface area contributed by atoms with Gasteiger partial charge in [-0.3, -0.25) is 14.4 Å². The highest BCUT2D eigenvalue weighted by atomic mass is 16.1. The number of carbonyl (C=O) groups is 3. The van der Waals surface area contributed by atoms with Crippen molar-refractivity contribution in [3.63, 3.8) is 0 Å². The van der Waals surface area contributed by atoms with E-state index in [4.69, 9.17) is 0 Å². The summed E-state index contributed by atoms with van der Waals surface area (Å²) in [5, 5.41) is 0. The van der Waals surface area contributed by atoms with Crippen LogP contribution >= 0.6 is 0 Å². The van der Waals surface area contributed by atoms with Crippen LogP contribution in [0.25, 0.3) is 0 Å². The van der Waals surface area contributed by atoms with Crippen LogP contribution in [0.2, 0.25) is 0 Å². The Labute approximate surface area is 101 Å². The third-order valence-corrected chi connectivity index (χ3v) is 4.15. The van der Waals surface area contributed by atoms with Crippen LogP contribution in [0.5, 0.6) is 0 Å². The topological polar surface area (TPSA) is 51.2 Å². The summed E-state index contributed by atoms with van der Waals surface area (Å²) < 4.78 is 0. The number of hydrogen-bond donors (Lipinski definition) is 0. The van der Waals surface area contributed by atoms with E-state index in [2.05, 4.69) is 6.58 Å². The molecule has 4 atom stereocenters. The first-order valence-corrected chi connectivity index (χ1v) is 6.26. The van der Waals surface area contributed by atoms with Gasteiger partial charge < -0.3 is 0 Å². The monoisotopic (exact) mass is 234 g/mol. The van der Waals surface area contributed by atoms with Crippen LogP contribution < -0.4 is 0 Å². The molecule has 0 N–H and O–H groups in total. The molecule has 0 aromatic heterocycles. The molecular formula is C14H18O3. The lowest BCUT2D eigenvalue weighted by atomic mass is 9.60. The molecule has 2 aliphatic rings. The van der Waals surface area contributed by atoms with Gasteiger partial charge in [-0.05, 0) is 12.8 Å². The maximum absolute atomic E-state index is 12.1. The van der Waals surface area contributed by atoms with E-state index in [0.717, 1.165) is 0 Å². The zero-order valence-electron chi connectivity index (χ0n) is 10.1. The Kier molecular flexibility index (Phi) is 3.27. The molecule has 0 aliphatic heterocycles. The zero-order chi connectivity index (χ0) is 12.6. The second-order valence-electron chi connectivity index (χ2n) is 5.23. The van der Waals surface area contributed by atoms with Crippen molar-refractivity contribution in [3.05, 3.63) is 12.7 Å². The molecule has 2 saturated carbocycles. The Morgan fingerprint density at radius 1 is 1.24 bits per heavy atom. The quantitative estimate of drug-likeness (QED) is 0.686. The minimum atomic E-state index is -0.363. The van der Waals surface area contributed by atoms with Crippen LogP contribution in [0.3, 0.4) is 0 Å². The highest BCUT2D eigenvalue weighted by Gasteiger charge is 2.49. The Hall–Kier alpha value is -1.25. The Morgan fingerprint density at radius 3 is 2.53 bits per heavy atom. The lowest BCUT2D eigenvalue weighted by Gasteiger charge is -2.40. The number of carbonyl (C=O) groups excluding carboxylic acids is 3. The van der Waals surface area contributed by atoms with Crippen LogP contribution in [0, 0.1) is 23.7 Å². The first-order chi connectivity index (χ1) is 8.06. The van der Waals surface area contributed by atoms with Gasteiger partial charge in [0, 0.05) is 36.5 Å². The maximum atomic E-state index is 12.1. The van der Waals surface area contributed by atoms with Gasteiger partial charge in [-0.15, -0.1) is 6.58 Å². The van der Waals surface area contributed by atoms with Crippen molar-refractivity contribution >= 4 is 17.3 Å². The molecule has 2 aliphatic carbocycles. The maximum Gasteiger partial charge on any atom is 0.139 e. The van der Waals surface area contributed by atoms with E-state index in [1.807, 2.05) is 6.92 Å².